The molecule has 0 N–H and O–H groups in total. The lowest BCUT2D eigenvalue weighted by Gasteiger charge is -2.25. The summed E-state index contributed by atoms with van der Waals surface area (Å²) in [6, 6.07) is 0. The van der Waals surface area contributed by atoms with Gasteiger partial charge in [0.15, 0.2) is 5.67 Å². The van der Waals surface area contributed by atoms with Crippen molar-refractivity contribution in [3.8, 4) is 0 Å². The van der Waals surface area contributed by atoms with E-state index in [9.17, 15) is 4.39 Å². The maximum absolute atomic E-state index is 14.8. The average molecular weight is 225 g/mol. The highest BCUT2D eigenvalue weighted by atomic mass is 19.1. The minimum Gasteiger partial charge on any atom is -0.249 e. The smallest absolute Gasteiger partial charge is 0.156 e. The Labute approximate surface area is 96.0 Å². The van der Waals surface area contributed by atoms with Gasteiger partial charge in [0.25, 0.3) is 0 Å². The third-order valence-corrected chi connectivity index (χ3v) is 3.61. The predicted octanol–water partition coefficient (Wildman–Crippen LogP) is 2.99. The molecule has 0 spiro atoms. The van der Waals surface area contributed by atoms with Gasteiger partial charge in [-0.1, -0.05) is 18.6 Å². The van der Waals surface area contributed by atoms with Gasteiger partial charge in [0.05, 0.1) is 5.69 Å². The monoisotopic (exact) mass is 225 g/mol. The molecule has 0 bridgehead atoms. The van der Waals surface area contributed by atoms with Gasteiger partial charge < -0.3 is 0 Å². The van der Waals surface area contributed by atoms with Crippen molar-refractivity contribution in [3.05, 3.63) is 11.4 Å². The minimum atomic E-state index is -1.25. The number of aromatic nitrogens is 3. The first kappa shape index (κ1) is 11.6. The zero-order valence-electron chi connectivity index (χ0n) is 10.2. The molecule has 1 aromatic rings. The van der Waals surface area contributed by atoms with E-state index < -0.39 is 5.67 Å². The summed E-state index contributed by atoms with van der Waals surface area (Å²) in [6.45, 7) is 4.71. The first-order chi connectivity index (χ1) is 7.71. The zero-order chi connectivity index (χ0) is 11.6. The number of fused-ring (bicyclic) bond motifs is 1. The number of halogens is 1. The van der Waals surface area contributed by atoms with Crippen molar-refractivity contribution in [1.29, 1.82) is 0 Å². The lowest BCUT2D eigenvalue weighted by Crippen LogP contribution is -2.23. The van der Waals surface area contributed by atoms with Gasteiger partial charge in [0.1, 0.15) is 5.69 Å². The van der Waals surface area contributed by atoms with Crippen LogP contribution < -0.4 is 0 Å². The number of rotatable bonds is 2. The number of aryl methyl sites for hydroxylation is 1. The van der Waals surface area contributed by atoms with E-state index in [-0.39, 0.29) is 0 Å². The summed E-state index contributed by atoms with van der Waals surface area (Å²) in [7, 11) is 0. The Morgan fingerprint density at radius 1 is 1.31 bits per heavy atom. The van der Waals surface area contributed by atoms with E-state index in [1.165, 1.54) is 0 Å². The molecule has 4 heteroatoms. The van der Waals surface area contributed by atoms with E-state index in [0.29, 0.717) is 18.5 Å². The third kappa shape index (κ3) is 1.85. The lowest BCUT2D eigenvalue weighted by atomic mass is 9.87. The Kier molecular flexibility index (Phi) is 3.26. The molecule has 1 aliphatic rings. The molecule has 2 rings (SSSR count). The molecule has 1 heterocycles. The van der Waals surface area contributed by atoms with Crippen LogP contribution in [0.15, 0.2) is 0 Å². The molecule has 1 atom stereocenters. The molecule has 1 unspecified atom stereocenters. The summed E-state index contributed by atoms with van der Waals surface area (Å²) in [5, 5.41) is 8.16. The molecule has 1 aliphatic carbocycles. The Hall–Kier alpha value is -0.930. The normalized spacial score (nSPS) is 25.9. The fourth-order valence-electron chi connectivity index (χ4n) is 2.52. The molecule has 0 saturated heterocycles. The molecular weight excluding hydrogens is 205 g/mol. The number of alkyl halides is 1. The van der Waals surface area contributed by atoms with Crippen LogP contribution in [0, 0.1) is 0 Å². The SMILES string of the molecule is CCn1nnc2c1CCCCCC2(F)CC. The quantitative estimate of drug-likeness (QED) is 0.774. The number of nitrogens with zero attached hydrogens (tertiary/aromatic N) is 3. The fraction of sp³-hybridized carbons (Fsp3) is 0.833. The van der Waals surface area contributed by atoms with Gasteiger partial charge in [-0.15, -0.1) is 5.10 Å². The van der Waals surface area contributed by atoms with Gasteiger partial charge in [-0.05, 0) is 39.0 Å². The average Bonchev–Trinajstić information content (AvgIpc) is 2.69. The Morgan fingerprint density at radius 3 is 2.81 bits per heavy atom. The van der Waals surface area contributed by atoms with Crippen LogP contribution in [0.4, 0.5) is 4.39 Å². The Morgan fingerprint density at radius 2 is 2.12 bits per heavy atom. The first-order valence-corrected chi connectivity index (χ1v) is 6.33. The lowest BCUT2D eigenvalue weighted by molar-refractivity contribution is 0.129. The van der Waals surface area contributed by atoms with Gasteiger partial charge in [-0.2, -0.15) is 0 Å². The Bertz CT molecular complexity index is 361. The van der Waals surface area contributed by atoms with Crippen LogP contribution in [0.5, 0.6) is 0 Å². The fourth-order valence-corrected chi connectivity index (χ4v) is 2.52. The molecule has 0 aliphatic heterocycles. The van der Waals surface area contributed by atoms with Crippen LogP contribution >= 0.6 is 0 Å². The van der Waals surface area contributed by atoms with Crippen molar-refractivity contribution in [1.82, 2.24) is 15.0 Å². The largest absolute Gasteiger partial charge is 0.249 e. The molecule has 90 valence electrons. The third-order valence-electron chi connectivity index (χ3n) is 3.61. The molecule has 0 saturated carbocycles. The summed E-state index contributed by atoms with van der Waals surface area (Å²) in [6.07, 6.45) is 5.21. The summed E-state index contributed by atoms with van der Waals surface area (Å²) in [4.78, 5) is 0. The zero-order valence-corrected chi connectivity index (χ0v) is 10.2. The van der Waals surface area contributed by atoms with Crippen LogP contribution in [0.25, 0.3) is 0 Å². The van der Waals surface area contributed by atoms with Crippen LogP contribution in [0.3, 0.4) is 0 Å². The van der Waals surface area contributed by atoms with Crippen molar-refractivity contribution < 1.29 is 4.39 Å². The van der Waals surface area contributed by atoms with E-state index in [2.05, 4.69) is 10.3 Å². The topological polar surface area (TPSA) is 30.7 Å². The summed E-state index contributed by atoms with van der Waals surface area (Å²) >= 11 is 0. The highest BCUT2D eigenvalue weighted by Gasteiger charge is 2.36. The van der Waals surface area contributed by atoms with Gasteiger partial charge in [0.2, 0.25) is 0 Å². The number of hydrogen-bond acceptors (Lipinski definition) is 2. The highest BCUT2D eigenvalue weighted by molar-refractivity contribution is 5.19. The van der Waals surface area contributed by atoms with Gasteiger partial charge in [-0.25, -0.2) is 9.07 Å². The first-order valence-electron chi connectivity index (χ1n) is 6.33. The second kappa shape index (κ2) is 4.52. The van der Waals surface area contributed by atoms with E-state index in [1.54, 1.807) is 0 Å². The van der Waals surface area contributed by atoms with Crippen LogP contribution in [-0.4, -0.2) is 15.0 Å². The molecule has 0 fully saturated rings. The maximum atomic E-state index is 14.8. The van der Waals surface area contributed by atoms with Gasteiger partial charge in [-0.3, -0.25) is 0 Å². The van der Waals surface area contributed by atoms with Crippen molar-refractivity contribution in [3.63, 3.8) is 0 Å². The molecule has 0 amide bonds. The number of hydrogen-bond donors (Lipinski definition) is 0. The highest BCUT2D eigenvalue weighted by Crippen LogP contribution is 2.37. The van der Waals surface area contributed by atoms with Crippen molar-refractivity contribution >= 4 is 0 Å². The Balaban J connectivity index is 2.44. The molecule has 0 aromatic carbocycles. The van der Waals surface area contributed by atoms with Crippen LogP contribution in [0.2, 0.25) is 0 Å². The molecular formula is C12H20FN3. The molecule has 1 aromatic heterocycles. The summed E-state index contributed by atoms with van der Waals surface area (Å²) < 4.78 is 16.6. The molecule has 0 radical (unpaired) electrons. The summed E-state index contributed by atoms with van der Waals surface area (Å²) in [5.74, 6) is 0. The molecule has 16 heavy (non-hydrogen) atoms. The maximum Gasteiger partial charge on any atom is 0.156 e. The second-order valence-corrected chi connectivity index (χ2v) is 4.58. The standard InChI is InChI=1S/C12H20FN3/c1-3-12(13)9-7-5-6-8-10-11(12)14-15-16(10)4-2/h3-9H2,1-2H3. The van der Waals surface area contributed by atoms with Gasteiger partial charge >= 0.3 is 0 Å². The predicted molar refractivity (Wildman–Crippen MR) is 60.9 cm³/mol. The van der Waals surface area contributed by atoms with E-state index in [4.69, 9.17) is 0 Å². The van der Waals surface area contributed by atoms with Crippen molar-refractivity contribution in [2.24, 2.45) is 0 Å². The second-order valence-electron chi connectivity index (χ2n) is 4.58. The van der Waals surface area contributed by atoms with Crippen LogP contribution in [0.1, 0.15) is 57.3 Å². The van der Waals surface area contributed by atoms with E-state index in [1.807, 2.05) is 18.5 Å². The van der Waals surface area contributed by atoms with E-state index in [0.717, 1.165) is 37.9 Å². The van der Waals surface area contributed by atoms with Crippen LogP contribution in [-0.2, 0) is 18.6 Å². The van der Waals surface area contributed by atoms with Crippen molar-refractivity contribution in [2.75, 3.05) is 0 Å². The van der Waals surface area contributed by atoms with Crippen molar-refractivity contribution in [2.45, 2.75) is 64.6 Å². The molecule has 3 nitrogen and oxygen atoms in total. The van der Waals surface area contributed by atoms with E-state index >= 15 is 0 Å². The van der Waals surface area contributed by atoms with Gasteiger partial charge in [0, 0.05) is 6.54 Å². The minimum absolute atomic E-state index is 0.502. The summed E-state index contributed by atoms with van der Waals surface area (Å²) in [5.41, 5.74) is 0.381.